The summed E-state index contributed by atoms with van der Waals surface area (Å²) in [5, 5.41) is 15.8. The number of hydrogen-bond acceptors (Lipinski definition) is 5. The fraction of sp³-hybridized carbons (Fsp3) is 0.375. The minimum atomic E-state index is 0.399. The summed E-state index contributed by atoms with van der Waals surface area (Å²) >= 11 is 5.27. The van der Waals surface area contributed by atoms with Gasteiger partial charge in [0.2, 0.25) is 4.77 Å². The van der Waals surface area contributed by atoms with Gasteiger partial charge >= 0.3 is 0 Å². The summed E-state index contributed by atoms with van der Waals surface area (Å²) < 4.78 is 9.48. The highest BCUT2D eigenvalue weighted by Crippen LogP contribution is 2.47. The molecule has 8 heteroatoms. The van der Waals surface area contributed by atoms with Crippen molar-refractivity contribution >= 4 is 18.4 Å². The summed E-state index contributed by atoms with van der Waals surface area (Å²) in [6, 6.07) is 5.92. The highest BCUT2D eigenvalue weighted by molar-refractivity contribution is 7.71. The standard InChI is InChI=1S/C16H18N6OS/c1-9-6-13(9)14-5-4-12(23-14)8-17-22-15(18-19-16(22)24)21-11(3)7-10(2)20-21/h4-5,7-9,13H,6H2,1-3H3,(H,19,24)/b17-8-/t9-,13+/m1/s1. The van der Waals surface area contributed by atoms with Crippen molar-refractivity contribution in [2.24, 2.45) is 11.0 Å². The maximum Gasteiger partial charge on any atom is 0.271 e. The van der Waals surface area contributed by atoms with Gasteiger partial charge in [-0.2, -0.15) is 14.9 Å². The molecular formula is C16H18N6OS. The van der Waals surface area contributed by atoms with Gasteiger partial charge in [-0.05, 0) is 56.6 Å². The number of hydrogen-bond donors (Lipinski definition) is 1. The van der Waals surface area contributed by atoms with Crippen LogP contribution in [0.5, 0.6) is 0 Å². The second kappa shape index (κ2) is 5.55. The topological polar surface area (TPSA) is 76.9 Å². The molecule has 0 radical (unpaired) electrons. The van der Waals surface area contributed by atoms with E-state index in [1.807, 2.05) is 32.0 Å². The molecule has 1 aliphatic rings. The van der Waals surface area contributed by atoms with Crippen LogP contribution in [-0.4, -0.2) is 30.9 Å². The van der Waals surface area contributed by atoms with Gasteiger partial charge in [0.15, 0.2) is 0 Å². The van der Waals surface area contributed by atoms with Gasteiger partial charge in [0.25, 0.3) is 5.95 Å². The molecule has 0 unspecified atom stereocenters. The molecule has 7 nitrogen and oxygen atoms in total. The number of aryl methyl sites for hydroxylation is 2. The van der Waals surface area contributed by atoms with E-state index < -0.39 is 0 Å². The van der Waals surface area contributed by atoms with Crippen molar-refractivity contribution in [3.8, 4) is 5.95 Å². The van der Waals surface area contributed by atoms with E-state index in [0.717, 1.165) is 17.1 Å². The van der Waals surface area contributed by atoms with Gasteiger partial charge in [0, 0.05) is 11.6 Å². The van der Waals surface area contributed by atoms with E-state index in [9.17, 15) is 0 Å². The third-order valence-corrected chi connectivity index (χ3v) is 4.52. The van der Waals surface area contributed by atoms with Crippen LogP contribution >= 0.6 is 12.2 Å². The molecular weight excluding hydrogens is 324 g/mol. The Balaban J connectivity index is 1.65. The predicted molar refractivity (Wildman–Crippen MR) is 92.2 cm³/mol. The van der Waals surface area contributed by atoms with Gasteiger partial charge < -0.3 is 4.42 Å². The van der Waals surface area contributed by atoms with E-state index in [-0.39, 0.29) is 0 Å². The van der Waals surface area contributed by atoms with Gasteiger partial charge in [0.1, 0.15) is 11.5 Å². The Hall–Kier alpha value is -2.48. The molecule has 0 spiro atoms. The fourth-order valence-corrected chi connectivity index (χ4v) is 3.00. The zero-order valence-electron chi connectivity index (χ0n) is 13.7. The molecule has 124 valence electrons. The van der Waals surface area contributed by atoms with Crippen LogP contribution in [0.1, 0.15) is 42.2 Å². The lowest BCUT2D eigenvalue weighted by atomic mass is 10.3. The number of furan rings is 1. The molecule has 0 saturated heterocycles. The third kappa shape index (κ3) is 2.62. The zero-order valence-corrected chi connectivity index (χ0v) is 14.5. The molecule has 3 aromatic rings. The van der Waals surface area contributed by atoms with Gasteiger partial charge in [-0.1, -0.05) is 6.92 Å². The van der Waals surface area contributed by atoms with Crippen LogP contribution < -0.4 is 0 Å². The number of nitrogens with one attached hydrogen (secondary N) is 1. The third-order valence-electron chi connectivity index (χ3n) is 4.26. The first-order valence-corrected chi connectivity index (χ1v) is 8.29. The monoisotopic (exact) mass is 342 g/mol. The van der Waals surface area contributed by atoms with Gasteiger partial charge in [0.05, 0.1) is 11.9 Å². The Morgan fingerprint density at radius 3 is 2.88 bits per heavy atom. The zero-order chi connectivity index (χ0) is 16.8. The van der Waals surface area contributed by atoms with Gasteiger partial charge in [-0.3, -0.25) is 0 Å². The number of nitrogens with zero attached hydrogens (tertiary/aromatic N) is 5. The second-order valence-corrected chi connectivity index (χ2v) is 6.67. The smallest absolute Gasteiger partial charge is 0.271 e. The molecule has 1 fully saturated rings. The number of aromatic nitrogens is 5. The van der Waals surface area contributed by atoms with E-state index in [2.05, 4.69) is 27.3 Å². The van der Waals surface area contributed by atoms with Crippen LogP contribution in [0.2, 0.25) is 0 Å². The average molecular weight is 342 g/mol. The minimum absolute atomic E-state index is 0.399. The maximum atomic E-state index is 5.84. The Kier molecular flexibility index (Phi) is 3.49. The van der Waals surface area contributed by atoms with Crippen LogP contribution in [-0.2, 0) is 0 Å². The second-order valence-electron chi connectivity index (χ2n) is 6.28. The molecule has 4 rings (SSSR count). The van der Waals surface area contributed by atoms with Crippen LogP contribution in [0.3, 0.4) is 0 Å². The van der Waals surface area contributed by atoms with Crippen molar-refractivity contribution in [2.75, 3.05) is 0 Å². The molecule has 2 atom stereocenters. The number of H-pyrrole nitrogens is 1. The lowest BCUT2D eigenvalue weighted by Gasteiger charge is -2.02. The van der Waals surface area contributed by atoms with Crippen molar-refractivity contribution in [2.45, 2.75) is 33.1 Å². The van der Waals surface area contributed by atoms with Crippen molar-refractivity contribution in [1.29, 1.82) is 0 Å². The highest BCUT2D eigenvalue weighted by Gasteiger charge is 2.36. The Morgan fingerprint density at radius 2 is 2.21 bits per heavy atom. The van der Waals surface area contributed by atoms with E-state index in [1.165, 1.54) is 11.1 Å². The lowest BCUT2D eigenvalue weighted by molar-refractivity contribution is 0.500. The average Bonchev–Trinajstić information content (AvgIpc) is 2.90. The predicted octanol–water partition coefficient (Wildman–Crippen LogP) is 3.34. The van der Waals surface area contributed by atoms with E-state index in [0.29, 0.717) is 28.3 Å². The van der Waals surface area contributed by atoms with Crippen molar-refractivity contribution in [1.82, 2.24) is 24.7 Å². The maximum absolute atomic E-state index is 5.84. The van der Waals surface area contributed by atoms with E-state index in [4.69, 9.17) is 16.6 Å². The quantitative estimate of drug-likeness (QED) is 0.583. The Morgan fingerprint density at radius 1 is 1.42 bits per heavy atom. The summed E-state index contributed by atoms with van der Waals surface area (Å²) in [7, 11) is 0. The summed E-state index contributed by atoms with van der Waals surface area (Å²) in [4.78, 5) is 0. The van der Waals surface area contributed by atoms with E-state index >= 15 is 0 Å². The van der Waals surface area contributed by atoms with Gasteiger partial charge in [-0.25, -0.2) is 9.78 Å². The molecule has 24 heavy (non-hydrogen) atoms. The number of rotatable bonds is 4. The molecule has 0 bridgehead atoms. The Bertz CT molecular complexity index is 975. The summed E-state index contributed by atoms with van der Waals surface area (Å²) in [6.45, 7) is 6.12. The first kappa shape index (κ1) is 15.1. The van der Waals surface area contributed by atoms with Crippen molar-refractivity contribution in [3.05, 3.63) is 45.9 Å². The van der Waals surface area contributed by atoms with E-state index in [1.54, 1.807) is 10.9 Å². The SMILES string of the molecule is Cc1cc(C)n(-c2n[nH]c(=S)n2/N=C\c2ccc([C@H]3C[C@H]3C)o2)n1. The van der Waals surface area contributed by atoms with Crippen LogP contribution in [0.25, 0.3) is 5.95 Å². The molecule has 1 saturated carbocycles. The first-order valence-electron chi connectivity index (χ1n) is 7.88. The van der Waals surface area contributed by atoms with Crippen LogP contribution in [0.4, 0.5) is 0 Å². The van der Waals surface area contributed by atoms with Crippen LogP contribution in [0.15, 0.2) is 27.7 Å². The highest BCUT2D eigenvalue weighted by atomic mass is 32.1. The normalized spacial score (nSPS) is 20.1. The summed E-state index contributed by atoms with van der Waals surface area (Å²) in [5.74, 6) is 3.50. The molecule has 3 aromatic heterocycles. The number of aromatic amines is 1. The first-order chi connectivity index (χ1) is 11.5. The molecule has 1 N–H and O–H groups in total. The van der Waals surface area contributed by atoms with Crippen molar-refractivity contribution in [3.63, 3.8) is 0 Å². The lowest BCUT2D eigenvalue weighted by Crippen LogP contribution is -2.07. The molecule has 1 aliphatic carbocycles. The molecule has 0 aromatic carbocycles. The largest absolute Gasteiger partial charge is 0.460 e. The summed E-state index contributed by atoms with van der Waals surface area (Å²) in [5.41, 5.74) is 1.87. The molecule has 3 heterocycles. The Labute approximate surface area is 144 Å². The minimum Gasteiger partial charge on any atom is -0.460 e. The summed E-state index contributed by atoms with van der Waals surface area (Å²) in [6.07, 6.45) is 2.84. The van der Waals surface area contributed by atoms with Crippen LogP contribution in [0, 0.1) is 24.5 Å². The van der Waals surface area contributed by atoms with Gasteiger partial charge in [-0.15, -0.1) is 5.10 Å². The fourth-order valence-electron chi connectivity index (χ4n) is 2.83. The molecule has 0 aliphatic heterocycles. The van der Waals surface area contributed by atoms with Crippen molar-refractivity contribution < 1.29 is 4.42 Å². The molecule has 0 amide bonds.